The molecule has 1 fully saturated rings. The zero-order chi connectivity index (χ0) is 12.3. The van der Waals surface area contributed by atoms with Gasteiger partial charge in [0.05, 0.1) is 0 Å². The molecule has 0 aliphatic heterocycles. The second-order valence-electron chi connectivity index (χ2n) is 5.03. The molecule has 0 radical (unpaired) electrons. The maximum Gasteiger partial charge on any atom is 0.101 e. The Morgan fingerprint density at radius 1 is 1.35 bits per heavy atom. The lowest BCUT2D eigenvalue weighted by Gasteiger charge is -2.13. The smallest absolute Gasteiger partial charge is 0.101 e. The minimum atomic E-state index is 0.603. The van der Waals surface area contributed by atoms with Gasteiger partial charge in [-0.15, -0.1) is 11.8 Å². The van der Waals surface area contributed by atoms with E-state index in [1.165, 1.54) is 42.6 Å². The lowest BCUT2D eigenvalue weighted by Crippen LogP contribution is -2.06. The lowest BCUT2D eigenvalue weighted by molar-refractivity contribution is 0.622. The molecule has 2 rings (SSSR count). The summed E-state index contributed by atoms with van der Waals surface area (Å²) in [6.45, 7) is 4.80. The predicted octanol–water partition coefficient (Wildman–Crippen LogP) is 3.44. The van der Waals surface area contributed by atoms with Crippen molar-refractivity contribution in [3.63, 3.8) is 0 Å². The third-order valence-corrected chi connectivity index (χ3v) is 4.82. The van der Waals surface area contributed by atoms with Gasteiger partial charge >= 0.3 is 0 Å². The molecule has 1 aromatic rings. The van der Waals surface area contributed by atoms with Crippen molar-refractivity contribution in [1.29, 1.82) is 0 Å². The molecule has 0 spiro atoms. The second-order valence-corrected chi connectivity index (χ2v) is 6.04. The van der Waals surface area contributed by atoms with Gasteiger partial charge in [0.15, 0.2) is 0 Å². The van der Waals surface area contributed by atoms with Crippen molar-refractivity contribution >= 4 is 11.8 Å². The van der Waals surface area contributed by atoms with E-state index in [2.05, 4.69) is 24.9 Å². The number of rotatable bonds is 4. The molecule has 0 saturated heterocycles. The van der Waals surface area contributed by atoms with Gasteiger partial charge < -0.3 is 5.73 Å². The third-order valence-electron chi connectivity index (χ3n) is 3.57. The summed E-state index contributed by atoms with van der Waals surface area (Å²) in [5, 5.41) is 1.16. The molecule has 2 nitrogen and oxygen atoms in total. The van der Waals surface area contributed by atoms with E-state index in [4.69, 9.17) is 5.73 Å². The molecule has 0 amide bonds. The average molecular weight is 250 g/mol. The molecule has 94 valence electrons. The zero-order valence-corrected chi connectivity index (χ0v) is 11.6. The first-order valence-electron chi connectivity index (χ1n) is 6.50. The fourth-order valence-electron chi connectivity index (χ4n) is 2.57. The van der Waals surface area contributed by atoms with Crippen molar-refractivity contribution in [2.45, 2.75) is 51.1 Å². The van der Waals surface area contributed by atoms with Crippen LogP contribution in [0.3, 0.4) is 0 Å². The van der Waals surface area contributed by atoms with E-state index in [9.17, 15) is 0 Å². The standard InChI is InChI=1S/C14H22N2S/c1-10-7-11(2)16-14(13(10)8-15)17-9-12-5-3-4-6-12/h7,12H,3-6,8-9,15H2,1-2H3. The summed E-state index contributed by atoms with van der Waals surface area (Å²) in [5.74, 6) is 2.11. The Balaban J connectivity index is 2.07. The number of nitrogens with zero attached hydrogens (tertiary/aromatic N) is 1. The van der Waals surface area contributed by atoms with E-state index >= 15 is 0 Å². The number of hydrogen-bond acceptors (Lipinski definition) is 3. The van der Waals surface area contributed by atoms with Crippen LogP contribution in [0.5, 0.6) is 0 Å². The molecule has 0 atom stereocenters. The first kappa shape index (κ1) is 12.9. The molecular formula is C14H22N2S. The van der Waals surface area contributed by atoms with Crippen LogP contribution in [0.15, 0.2) is 11.1 Å². The van der Waals surface area contributed by atoms with Crippen LogP contribution >= 0.6 is 11.8 Å². The largest absolute Gasteiger partial charge is 0.326 e. The fraction of sp³-hybridized carbons (Fsp3) is 0.643. The molecule has 1 aromatic heterocycles. The molecule has 17 heavy (non-hydrogen) atoms. The average Bonchev–Trinajstić information content (AvgIpc) is 2.78. The maximum atomic E-state index is 5.83. The quantitative estimate of drug-likeness (QED) is 0.832. The highest BCUT2D eigenvalue weighted by Gasteiger charge is 2.16. The molecule has 1 saturated carbocycles. The number of hydrogen-bond donors (Lipinski definition) is 1. The summed E-state index contributed by atoms with van der Waals surface area (Å²) in [5.41, 5.74) is 9.46. The van der Waals surface area contributed by atoms with Gasteiger partial charge in [0.2, 0.25) is 0 Å². The van der Waals surface area contributed by atoms with E-state index in [1.54, 1.807) is 0 Å². The first-order valence-corrected chi connectivity index (χ1v) is 7.49. The summed E-state index contributed by atoms with van der Waals surface area (Å²) in [4.78, 5) is 4.65. The van der Waals surface area contributed by atoms with Crippen LogP contribution in [0, 0.1) is 19.8 Å². The maximum absolute atomic E-state index is 5.83. The number of pyridine rings is 1. The summed E-state index contributed by atoms with van der Waals surface area (Å²) in [7, 11) is 0. The van der Waals surface area contributed by atoms with Crippen molar-refractivity contribution in [3.05, 3.63) is 22.9 Å². The minimum absolute atomic E-state index is 0.603. The van der Waals surface area contributed by atoms with Crippen LogP contribution < -0.4 is 5.73 Å². The van der Waals surface area contributed by atoms with Gasteiger partial charge in [-0.2, -0.15) is 0 Å². The SMILES string of the molecule is Cc1cc(C)c(CN)c(SCC2CCCC2)n1. The van der Waals surface area contributed by atoms with Crippen LogP contribution in [0.1, 0.15) is 42.5 Å². The number of nitrogens with two attached hydrogens (primary N) is 1. The monoisotopic (exact) mass is 250 g/mol. The normalized spacial score (nSPS) is 16.6. The van der Waals surface area contributed by atoms with Gasteiger partial charge in [-0.3, -0.25) is 0 Å². The summed E-state index contributed by atoms with van der Waals surface area (Å²) < 4.78 is 0. The fourth-order valence-corrected chi connectivity index (χ4v) is 3.92. The van der Waals surface area contributed by atoms with Crippen molar-refractivity contribution in [2.24, 2.45) is 11.7 Å². The third kappa shape index (κ3) is 3.23. The highest BCUT2D eigenvalue weighted by Crippen LogP contribution is 2.32. The molecule has 2 N–H and O–H groups in total. The minimum Gasteiger partial charge on any atom is -0.326 e. The molecular weight excluding hydrogens is 228 g/mol. The van der Waals surface area contributed by atoms with Crippen LogP contribution in [0.25, 0.3) is 0 Å². The van der Waals surface area contributed by atoms with Crippen LogP contribution in [-0.4, -0.2) is 10.7 Å². The molecule has 0 aromatic carbocycles. The van der Waals surface area contributed by atoms with Gasteiger partial charge in [-0.1, -0.05) is 12.8 Å². The van der Waals surface area contributed by atoms with Crippen molar-refractivity contribution in [2.75, 3.05) is 5.75 Å². The Hall–Kier alpha value is -0.540. The van der Waals surface area contributed by atoms with E-state index in [0.717, 1.165) is 16.6 Å². The first-order chi connectivity index (χ1) is 8.20. The van der Waals surface area contributed by atoms with Crippen LogP contribution in [0.2, 0.25) is 0 Å². The number of aromatic nitrogens is 1. The Morgan fingerprint density at radius 3 is 2.71 bits per heavy atom. The molecule has 0 unspecified atom stereocenters. The van der Waals surface area contributed by atoms with Gasteiger partial charge in [-0.25, -0.2) is 4.98 Å². The van der Waals surface area contributed by atoms with Gasteiger partial charge in [0, 0.05) is 23.6 Å². The van der Waals surface area contributed by atoms with Crippen molar-refractivity contribution in [3.8, 4) is 0 Å². The Bertz CT molecular complexity index is 384. The topological polar surface area (TPSA) is 38.9 Å². The van der Waals surface area contributed by atoms with Gasteiger partial charge in [0.25, 0.3) is 0 Å². The molecule has 1 aliphatic carbocycles. The zero-order valence-electron chi connectivity index (χ0n) is 10.8. The highest BCUT2D eigenvalue weighted by atomic mass is 32.2. The lowest BCUT2D eigenvalue weighted by atomic mass is 10.1. The van der Waals surface area contributed by atoms with Crippen LogP contribution in [0.4, 0.5) is 0 Å². The van der Waals surface area contributed by atoms with Crippen molar-refractivity contribution < 1.29 is 0 Å². The Morgan fingerprint density at radius 2 is 2.06 bits per heavy atom. The van der Waals surface area contributed by atoms with E-state index in [0.29, 0.717) is 6.54 Å². The molecule has 3 heteroatoms. The summed E-state index contributed by atoms with van der Waals surface area (Å²) >= 11 is 1.91. The molecule has 0 bridgehead atoms. The molecule has 1 heterocycles. The van der Waals surface area contributed by atoms with E-state index < -0.39 is 0 Å². The van der Waals surface area contributed by atoms with E-state index in [1.807, 2.05) is 11.8 Å². The Kier molecular flexibility index (Phi) is 4.46. The van der Waals surface area contributed by atoms with Gasteiger partial charge in [-0.05, 0) is 44.2 Å². The molecule has 1 aliphatic rings. The summed E-state index contributed by atoms with van der Waals surface area (Å²) in [6.07, 6.45) is 5.62. The second kappa shape index (κ2) is 5.87. The predicted molar refractivity (Wildman–Crippen MR) is 74.3 cm³/mol. The summed E-state index contributed by atoms with van der Waals surface area (Å²) in [6, 6.07) is 2.13. The van der Waals surface area contributed by atoms with E-state index in [-0.39, 0.29) is 0 Å². The Labute approximate surface area is 108 Å². The number of aryl methyl sites for hydroxylation is 2. The van der Waals surface area contributed by atoms with Gasteiger partial charge in [0.1, 0.15) is 5.03 Å². The van der Waals surface area contributed by atoms with Crippen molar-refractivity contribution in [1.82, 2.24) is 4.98 Å². The number of thioether (sulfide) groups is 1. The van der Waals surface area contributed by atoms with Crippen LogP contribution in [-0.2, 0) is 6.54 Å². The highest BCUT2D eigenvalue weighted by molar-refractivity contribution is 7.99.